The van der Waals surface area contributed by atoms with Crippen LogP contribution >= 0.6 is 0 Å². The van der Waals surface area contributed by atoms with Crippen LogP contribution in [-0.4, -0.2) is 38.8 Å². The Bertz CT molecular complexity index is 1100. The lowest BCUT2D eigenvalue weighted by Crippen LogP contribution is -2.30. The van der Waals surface area contributed by atoms with E-state index in [4.69, 9.17) is 18.9 Å². The van der Waals surface area contributed by atoms with E-state index >= 15 is 0 Å². The molecule has 5 rings (SSSR count). The van der Waals surface area contributed by atoms with Gasteiger partial charge in [0.25, 0.3) is 5.91 Å². The van der Waals surface area contributed by atoms with Crippen LogP contribution in [0.4, 0.5) is 0 Å². The number of hydrogen-bond donors (Lipinski definition) is 1. The molecule has 2 aromatic rings. The zero-order chi connectivity index (χ0) is 23.7. The number of carbonyl (C=O) groups excluding carboxylic acids is 2. The number of esters is 1. The summed E-state index contributed by atoms with van der Waals surface area (Å²) < 4.78 is 23.4. The third-order valence-electron chi connectivity index (χ3n) is 7.24. The summed E-state index contributed by atoms with van der Waals surface area (Å²) in [5, 5.41) is 2.89. The molecule has 1 amide bonds. The van der Waals surface area contributed by atoms with Gasteiger partial charge in [-0.25, -0.2) is 0 Å². The molecule has 1 heterocycles. The van der Waals surface area contributed by atoms with Crippen LogP contribution < -0.4 is 19.5 Å². The smallest absolute Gasteiger partial charge is 0.315 e. The minimum Gasteiger partial charge on any atom is -0.493 e. The monoisotopic (exact) mass is 465 g/mol. The molecule has 2 aliphatic carbocycles. The average molecular weight is 466 g/mol. The van der Waals surface area contributed by atoms with Gasteiger partial charge in [-0.15, -0.1) is 0 Å². The highest BCUT2D eigenvalue weighted by Gasteiger charge is 2.53. The molecule has 180 valence electrons. The Kier molecular flexibility index (Phi) is 6.11. The van der Waals surface area contributed by atoms with E-state index in [0.29, 0.717) is 29.4 Å². The zero-order valence-electron chi connectivity index (χ0n) is 19.8. The summed E-state index contributed by atoms with van der Waals surface area (Å²) in [4.78, 5) is 25.3. The van der Waals surface area contributed by atoms with Gasteiger partial charge >= 0.3 is 5.97 Å². The number of fused-ring (bicyclic) bond motifs is 1. The van der Waals surface area contributed by atoms with Gasteiger partial charge in [-0.1, -0.05) is 18.6 Å². The van der Waals surface area contributed by atoms with Crippen LogP contribution in [0.15, 0.2) is 30.3 Å². The zero-order valence-corrected chi connectivity index (χ0v) is 19.8. The third kappa shape index (κ3) is 4.08. The Labute approximate surface area is 199 Å². The fraction of sp³-hybridized carbons (Fsp3) is 0.481. The number of ether oxygens (including phenoxy) is 4. The van der Waals surface area contributed by atoms with Crippen molar-refractivity contribution in [3.8, 4) is 28.4 Å². The van der Waals surface area contributed by atoms with E-state index in [1.165, 1.54) is 6.42 Å². The second-order valence-corrected chi connectivity index (χ2v) is 9.43. The quantitative estimate of drug-likeness (QED) is 0.572. The summed E-state index contributed by atoms with van der Waals surface area (Å²) in [5.74, 6) is 1.27. The number of methoxy groups -OCH3 is 2. The lowest BCUT2D eigenvalue weighted by molar-refractivity contribution is -0.158. The standard InChI is InChI=1S/C27H31NO6/c1-31-22-12-11-19(18-9-6-10-20-21(18)15-28-25(20)29)23(24(22)32-2)33-16-27(13-14-27)26(30)34-17-7-4-3-5-8-17/h6,9-12,17H,3-5,7-8,13-16H2,1-2H3,(H,28,29). The molecule has 0 bridgehead atoms. The molecule has 0 aromatic heterocycles. The van der Waals surface area contributed by atoms with E-state index in [2.05, 4.69) is 5.32 Å². The van der Waals surface area contributed by atoms with Gasteiger partial charge in [0.05, 0.1) is 14.2 Å². The maximum atomic E-state index is 13.0. The highest BCUT2D eigenvalue weighted by Crippen LogP contribution is 2.51. The minimum absolute atomic E-state index is 0.0255. The number of rotatable bonds is 8. The molecule has 0 saturated heterocycles. The molecule has 0 atom stereocenters. The van der Waals surface area contributed by atoms with Crippen LogP contribution in [0.1, 0.15) is 60.9 Å². The molecule has 2 fully saturated rings. The minimum atomic E-state index is -0.612. The van der Waals surface area contributed by atoms with Crippen molar-refractivity contribution in [2.75, 3.05) is 20.8 Å². The average Bonchev–Trinajstić information content (AvgIpc) is 3.58. The van der Waals surface area contributed by atoms with Crippen LogP contribution in [0.25, 0.3) is 11.1 Å². The van der Waals surface area contributed by atoms with Crippen LogP contribution in [0, 0.1) is 5.41 Å². The predicted molar refractivity (Wildman–Crippen MR) is 126 cm³/mol. The maximum Gasteiger partial charge on any atom is 0.315 e. The third-order valence-corrected chi connectivity index (χ3v) is 7.24. The number of hydrogen-bond acceptors (Lipinski definition) is 6. The molecule has 34 heavy (non-hydrogen) atoms. The van der Waals surface area contributed by atoms with E-state index in [-0.39, 0.29) is 24.6 Å². The molecule has 1 aliphatic heterocycles. The molecule has 0 unspecified atom stereocenters. The summed E-state index contributed by atoms with van der Waals surface area (Å²) in [5.41, 5.74) is 2.65. The van der Waals surface area contributed by atoms with E-state index < -0.39 is 5.41 Å². The Morgan fingerprint density at radius 2 is 1.74 bits per heavy atom. The summed E-state index contributed by atoms with van der Waals surface area (Å²) in [7, 11) is 3.15. The van der Waals surface area contributed by atoms with Gasteiger partial charge in [0, 0.05) is 17.7 Å². The largest absolute Gasteiger partial charge is 0.493 e. The first kappa shape index (κ1) is 22.6. The number of benzene rings is 2. The second kappa shape index (κ2) is 9.20. The van der Waals surface area contributed by atoms with Gasteiger partial charge in [0.2, 0.25) is 5.75 Å². The van der Waals surface area contributed by atoms with Gasteiger partial charge in [0.1, 0.15) is 18.1 Å². The SMILES string of the molecule is COc1ccc(-c2cccc3c2CNC3=O)c(OCC2(C(=O)OC3CCCCC3)CC2)c1OC. The maximum absolute atomic E-state index is 13.0. The summed E-state index contributed by atoms with van der Waals surface area (Å²) in [6.45, 7) is 0.664. The Hall–Kier alpha value is -3.22. The first-order valence-electron chi connectivity index (χ1n) is 12.1. The van der Waals surface area contributed by atoms with Crippen molar-refractivity contribution in [2.45, 2.75) is 57.6 Å². The molecule has 2 aromatic carbocycles. The Morgan fingerprint density at radius 1 is 0.971 bits per heavy atom. The molecule has 7 heteroatoms. The van der Waals surface area contributed by atoms with E-state index in [0.717, 1.165) is 55.2 Å². The second-order valence-electron chi connectivity index (χ2n) is 9.43. The van der Waals surface area contributed by atoms with Crippen molar-refractivity contribution in [3.05, 3.63) is 41.5 Å². The highest BCUT2D eigenvalue weighted by molar-refractivity contribution is 6.01. The van der Waals surface area contributed by atoms with Gasteiger partial charge < -0.3 is 24.3 Å². The van der Waals surface area contributed by atoms with E-state index in [9.17, 15) is 9.59 Å². The molecular weight excluding hydrogens is 434 g/mol. The molecule has 2 saturated carbocycles. The van der Waals surface area contributed by atoms with Crippen molar-refractivity contribution >= 4 is 11.9 Å². The Balaban J connectivity index is 1.44. The summed E-state index contributed by atoms with van der Waals surface area (Å²) >= 11 is 0. The topological polar surface area (TPSA) is 83.1 Å². The molecule has 1 N–H and O–H groups in total. The van der Waals surface area contributed by atoms with Crippen LogP contribution in [-0.2, 0) is 16.1 Å². The van der Waals surface area contributed by atoms with Crippen LogP contribution in [0.5, 0.6) is 17.2 Å². The number of amides is 1. The fourth-order valence-corrected chi connectivity index (χ4v) is 4.99. The highest BCUT2D eigenvalue weighted by atomic mass is 16.6. The van der Waals surface area contributed by atoms with Crippen molar-refractivity contribution < 1.29 is 28.5 Å². The van der Waals surface area contributed by atoms with Crippen molar-refractivity contribution in [3.63, 3.8) is 0 Å². The first-order valence-corrected chi connectivity index (χ1v) is 12.1. The summed E-state index contributed by atoms with van der Waals surface area (Å²) in [6.07, 6.45) is 6.86. The van der Waals surface area contributed by atoms with E-state index in [1.807, 2.05) is 30.3 Å². The van der Waals surface area contributed by atoms with Crippen molar-refractivity contribution in [1.82, 2.24) is 5.32 Å². The molecule has 0 spiro atoms. The summed E-state index contributed by atoms with van der Waals surface area (Å²) in [6, 6.07) is 9.40. The van der Waals surface area contributed by atoms with Gasteiger partial charge in [-0.05, 0) is 67.9 Å². The predicted octanol–water partition coefficient (Wildman–Crippen LogP) is 4.65. The molecular formula is C27H31NO6. The number of nitrogens with one attached hydrogen (secondary N) is 1. The molecule has 7 nitrogen and oxygen atoms in total. The lowest BCUT2D eigenvalue weighted by atomic mass is 9.95. The Morgan fingerprint density at radius 3 is 2.44 bits per heavy atom. The van der Waals surface area contributed by atoms with Crippen LogP contribution in [0.3, 0.4) is 0 Å². The van der Waals surface area contributed by atoms with Gasteiger partial charge in [-0.2, -0.15) is 0 Å². The van der Waals surface area contributed by atoms with Crippen molar-refractivity contribution in [1.29, 1.82) is 0 Å². The van der Waals surface area contributed by atoms with Gasteiger partial charge in [0.15, 0.2) is 11.5 Å². The lowest BCUT2D eigenvalue weighted by Gasteiger charge is -2.25. The first-order chi connectivity index (χ1) is 16.6. The molecule has 3 aliphatic rings. The normalized spacial score (nSPS) is 18.6. The van der Waals surface area contributed by atoms with E-state index in [1.54, 1.807) is 14.2 Å². The number of carbonyl (C=O) groups is 2. The fourth-order valence-electron chi connectivity index (χ4n) is 4.99. The van der Waals surface area contributed by atoms with Crippen LogP contribution in [0.2, 0.25) is 0 Å². The molecule has 0 radical (unpaired) electrons. The van der Waals surface area contributed by atoms with Gasteiger partial charge in [-0.3, -0.25) is 9.59 Å². The van der Waals surface area contributed by atoms with Crippen molar-refractivity contribution in [2.24, 2.45) is 5.41 Å².